The fraction of sp³-hybridized carbons (Fsp3) is 0.800. The molecule has 0 bridgehead atoms. The number of ether oxygens (including phenoxy) is 3. The first-order chi connectivity index (χ1) is 8.15. The Kier molecular flexibility index (Phi) is 4.71. The first-order valence-electron chi connectivity index (χ1n) is 5.26. The normalized spacial score (nSPS) is 40.1. The van der Waals surface area contributed by atoms with Crippen LogP contribution in [0.15, 0.2) is 0 Å². The van der Waals surface area contributed by atoms with E-state index in [1.807, 2.05) is 0 Å². The van der Waals surface area contributed by atoms with Crippen molar-refractivity contribution in [3.05, 3.63) is 0 Å². The third-order valence-electron chi connectivity index (χ3n) is 2.42. The van der Waals surface area contributed by atoms with Crippen LogP contribution >= 0.6 is 15.9 Å². The summed E-state index contributed by atoms with van der Waals surface area (Å²) in [5.41, 5.74) is 0. The molecule has 7 nitrogen and oxygen atoms in total. The molecule has 1 heterocycles. The Bertz CT molecular complexity index is 343. The molecule has 1 aliphatic rings. The maximum atomic E-state index is 11.0. The molecule has 1 saturated heterocycles. The Morgan fingerprint density at radius 2 is 1.67 bits per heavy atom. The Morgan fingerprint density at radius 3 is 2.11 bits per heavy atom. The number of esters is 2. The highest BCUT2D eigenvalue weighted by molar-refractivity contribution is 9.10. The molecule has 18 heavy (non-hydrogen) atoms. The summed E-state index contributed by atoms with van der Waals surface area (Å²) in [6.45, 7) is 3.84. The molecule has 0 unspecified atom stereocenters. The minimum absolute atomic E-state index is 0.611. The molecule has 2 N–H and O–H groups in total. The molecule has 8 heteroatoms. The molecule has 5 atom stereocenters. The van der Waals surface area contributed by atoms with Crippen molar-refractivity contribution < 1.29 is 34.0 Å². The highest BCUT2D eigenvalue weighted by atomic mass is 79.9. The van der Waals surface area contributed by atoms with Gasteiger partial charge in [-0.05, 0) is 22.9 Å². The van der Waals surface area contributed by atoms with Crippen molar-refractivity contribution in [1.82, 2.24) is 0 Å². The van der Waals surface area contributed by atoms with Gasteiger partial charge < -0.3 is 24.4 Å². The molecular formula is C10H15BrO7. The predicted molar refractivity (Wildman–Crippen MR) is 61.5 cm³/mol. The van der Waals surface area contributed by atoms with E-state index >= 15 is 0 Å². The molecule has 0 radical (unpaired) electrons. The molecule has 0 aromatic heterocycles. The van der Waals surface area contributed by atoms with Gasteiger partial charge in [-0.25, -0.2) is 0 Å². The molecule has 1 fully saturated rings. The van der Waals surface area contributed by atoms with Crippen LogP contribution in [0.25, 0.3) is 0 Å². The number of aliphatic hydroxyl groups is 2. The molecular weight excluding hydrogens is 312 g/mol. The summed E-state index contributed by atoms with van der Waals surface area (Å²) in [6.07, 6.45) is -4.59. The van der Waals surface area contributed by atoms with Gasteiger partial charge in [0.15, 0.2) is 18.3 Å². The van der Waals surface area contributed by atoms with Gasteiger partial charge in [0, 0.05) is 13.8 Å². The monoisotopic (exact) mass is 326 g/mol. The third-order valence-corrected chi connectivity index (χ3v) is 3.07. The summed E-state index contributed by atoms with van der Waals surface area (Å²) in [5, 5.41) is 19.6. The summed E-state index contributed by atoms with van der Waals surface area (Å²) >= 11 is 2.77. The van der Waals surface area contributed by atoms with Gasteiger partial charge in [-0.15, -0.1) is 0 Å². The largest absolute Gasteiger partial charge is 0.456 e. The number of carbonyl (C=O) groups is 2. The number of carbonyl (C=O) groups excluding carboxylic acids is 2. The van der Waals surface area contributed by atoms with Crippen molar-refractivity contribution >= 4 is 27.9 Å². The maximum absolute atomic E-state index is 11.0. The molecule has 0 aromatic rings. The van der Waals surface area contributed by atoms with E-state index in [9.17, 15) is 19.8 Å². The van der Waals surface area contributed by atoms with E-state index in [2.05, 4.69) is 15.9 Å². The van der Waals surface area contributed by atoms with Crippen LogP contribution < -0.4 is 0 Å². The Morgan fingerprint density at radius 1 is 1.22 bits per heavy atom. The fourth-order valence-corrected chi connectivity index (χ4v) is 2.28. The predicted octanol–water partition coefficient (Wildman–Crippen LogP) is -0.330. The molecule has 0 saturated carbocycles. The molecule has 1 rings (SSSR count). The van der Waals surface area contributed by atoms with E-state index in [1.165, 1.54) is 13.8 Å². The Hall–Kier alpha value is -0.700. The van der Waals surface area contributed by atoms with Crippen LogP contribution in [0.2, 0.25) is 0 Å². The van der Waals surface area contributed by atoms with E-state index in [4.69, 9.17) is 14.2 Å². The third kappa shape index (κ3) is 3.41. The van der Waals surface area contributed by atoms with E-state index in [0.29, 0.717) is 0 Å². The maximum Gasteiger partial charge on any atom is 0.303 e. The van der Waals surface area contributed by atoms with Gasteiger partial charge in [-0.1, -0.05) is 0 Å². The smallest absolute Gasteiger partial charge is 0.303 e. The van der Waals surface area contributed by atoms with Crippen LogP contribution in [0.5, 0.6) is 0 Å². The summed E-state index contributed by atoms with van der Waals surface area (Å²) in [6, 6.07) is 0. The van der Waals surface area contributed by atoms with E-state index < -0.39 is 41.1 Å². The summed E-state index contributed by atoms with van der Waals surface area (Å²) in [7, 11) is 0. The average Bonchev–Trinajstić information content (AvgIpc) is 2.18. The number of hydrogen-bond donors (Lipinski definition) is 2. The van der Waals surface area contributed by atoms with E-state index in [0.717, 1.165) is 6.92 Å². The second-order valence-electron chi connectivity index (χ2n) is 4.02. The molecule has 104 valence electrons. The second kappa shape index (κ2) is 5.52. The van der Waals surface area contributed by atoms with Crippen LogP contribution in [-0.2, 0) is 23.8 Å². The SMILES string of the molecule is CC(=O)O[C@@H]1[C@H](OC(C)=O)[C@@H](O)[C@](O)(Br)O[C@@H]1C. The van der Waals surface area contributed by atoms with Gasteiger partial charge in [0.05, 0.1) is 6.10 Å². The van der Waals surface area contributed by atoms with Crippen LogP contribution in [0.3, 0.4) is 0 Å². The van der Waals surface area contributed by atoms with Crippen LogP contribution in [0.1, 0.15) is 20.8 Å². The van der Waals surface area contributed by atoms with Gasteiger partial charge in [0.2, 0.25) is 0 Å². The van der Waals surface area contributed by atoms with Crippen LogP contribution in [0.4, 0.5) is 0 Å². The number of alkyl halides is 1. The van der Waals surface area contributed by atoms with Gasteiger partial charge in [-0.2, -0.15) is 0 Å². The number of aliphatic hydroxyl groups excluding tert-OH is 1. The Labute approximate surface area is 112 Å². The van der Waals surface area contributed by atoms with Gasteiger partial charge in [-0.3, -0.25) is 9.59 Å². The van der Waals surface area contributed by atoms with Crippen molar-refractivity contribution in [1.29, 1.82) is 0 Å². The quantitative estimate of drug-likeness (QED) is 0.529. The van der Waals surface area contributed by atoms with Crippen LogP contribution in [0, 0.1) is 0 Å². The lowest BCUT2D eigenvalue weighted by atomic mass is 9.99. The highest BCUT2D eigenvalue weighted by Gasteiger charge is 2.54. The first-order valence-corrected chi connectivity index (χ1v) is 6.06. The van der Waals surface area contributed by atoms with Crippen LogP contribution in [-0.4, -0.2) is 51.3 Å². The average molecular weight is 327 g/mol. The topological polar surface area (TPSA) is 102 Å². The van der Waals surface area contributed by atoms with Crippen molar-refractivity contribution in [3.8, 4) is 0 Å². The van der Waals surface area contributed by atoms with Crippen molar-refractivity contribution in [2.45, 2.75) is 49.9 Å². The number of rotatable bonds is 2. The molecule has 0 aliphatic carbocycles. The van der Waals surface area contributed by atoms with Crippen molar-refractivity contribution in [2.24, 2.45) is 0 Å². The lowest BCUT2D eigenvalue weighted by Crippen LogP contribution is -2.63. The zero-order valence-corrected chi connectivity index (χ0v) is 11.7. The molecule has 0 aromatic carbocycles. The summed E-state index contributed by atoms with van der Waals surface area (Å²) in [5.74, 6) is -1.28. The minimum Gasteiger partial charge on any atom is -0.456 e. The minimum atomic E-state index is -2.07. The fourth-order valence-electron chi connectivity index (χ4n) is 1.72. The van der Waals surface area contributed by atoms with E-state index in [-0.39, 0.29) is 0 Å². The molecule has 1 aliphatic heterocycles. The van der Waals surface area contributed by atoms with Gasteiger partial charge in [0.1, 0.15) is 0 Å². The van der Waals surface area contributed by atoms with Crippen molar-refractivity contribution in [3.63, 3.8) is 0 Å². The number of halogens is 1. The lowest BCUT2D eigenvalue weighted by Gasteiger charge is -2.44. The molecule has 0 amide bonds. The Balaban J connectivity index is 2.97. The molecule has 0 spiro atoms. The van der Waals surface area contributed by atoms with Gasteiger partial charge >= 0.3 is 11.9 Å². The zero-order valence-electron chi connectivity index (χ0n) is 10.1. The summed E-state index contributed by atoms with van der Waals surface area (Å²) < 4.78 is 12.8. The number of hydrogen-bond acceptors (Lipinski definition) is 7. The van der Waals surface area contributed by atoms with E-state index in [1.54, 1.807) is 0 Å². The van der Waals surface area contributed by atoms with Gasteiger partial charge in [0.25, 0.3) is 4.70 Å². The second-order valence-corrected chi connectivity index (χ2v) is 5.16. The summed E-state index contributed by atoms with van der Waals surface area (Å²) in [4.78, 5) is 22.0. The van der Waals surface area contributed by atoms with Crippen molar-refractivity contribution in [2.75, 3.05) is 0 Å². The standard InChI is InChI=1S/C10H15BrO7/c1-4-7(16-5(2)12)8(17-6(3)13)9(14)10(11,15)18-4/h4,7-9,14-15H,1-3H3/t4-,7+,8+,9-,10-/m1/s1. The highest BCUT2D eigenvalue weighted by Crippen LogP contribution is 2.35. The first kappa shape index (κ1) is 15.4. The zero-order chi connectivity index (χ0) is 14.1. The lowest BCUT2D eigenvalue weighted by molar-refractivity contribution is -0.298.